The zero-order valence-electron chi connectivity index (χ0n) is 24.5. The number of carboxylic acid groups (broad SMARTS) is 1. The molecule has 0 spiro atoms. The van der Waals surface area contributed by atoms with Crippen LogP contribution in [0.2, 0.25) is 5.02 Å². The maximum Gasteiger partial charge on any atom is 0.305 e. The van der Waals surface area contributed by atoms with Crippen molar-refractivity contribution < 1.29 is 14.7 Å². The van der Waals surface area contributed by atoms with Crippen LogP contribution >= 0.6 is 23.8 Å². The number of nitrogens with zero attached hydrogens (tertiary/aromatic N) is 3. The second-order valence-corrected chi connectivity index (χ2v) is 12.4. The molecule has 2 aromatic rings. The monoisotopic (exact) mass is 609 g/mol. The molecular weight excluding hydrogens is 570 g/mol. The Labute approximate surface area is 259 Å². The molecule has 10 heteroatoms. The van der Waals surface area contributed by atoms with Crippen LogP contribution in [0.15, 0.2) is 53.5 Å². The highest BCUT2D eigenvalue weighted by molar-refractivity contribution is 7.79. The molecule has 42 heavy (non-hydrogen) atoms. The summed E-state index contributed by atoms with van der Waals surface area (Å²) in [6.45, 7) is 7.48. The van der Waals surface area contributed by atoms with E-state index in [1.54, 1.807) is 17.5 Å². The topological polar surface area (TPSA) is 118 Å². The SMILES string of the molecule is CC(C)(C)C1CCC(N(Cc2ccc(C(=O)NCCC(=O)O)cc2)C(=NCC#N)NC(C=S)c2ccc(Cl)cc2)CC1. The predicted octanol–water partition coefficient (Wildman–Crippen LogP) is 6.16. The third kappa shape index (κ3) is 9.81. The number of hydrogen-bond donors (Lipinski definition) is 3. The van der Waals surface area contributed by atoms with Gasteiger partial charge in [-0.05, 0) is 72.4 Å². The van der Waals surface area contributed by atoms with Gasteiger partial charge in [0.2, 0.25) is 0 Å². The molecule has 2 aromatic carbocycles. The van der Waals surface area contributed by atoms with Gasteiger partial charge >= 0.3 is 5.97 Å². The van der Waals surface area contributed by atoms with Gasteiger partial charge in [-0.25, -0.2) is 4.99 Å². The van der Waals surface area contributed by atoms with E-state index in [1.165, 1.54) is 0 Å². The van der Waals surface area contributed by atoms with Gasteiger partial charge in [0, 0.05) is 35.1 Å². The number of halogens is 1. The fourth-order valence-corrected chi connectivity index (χ4v) is 5.66. The van der Waals surface area contributed by atoms with Crippen molar-refractivity contribution in [1.82, 2.24) is 15.5 Å². The third-order valence-electron chi connectivity index (χ3n) is 7.78. The molecule has 0 saturated heterocycles. The second kappa shape index (κ2) is 15.7. The summed E-state index contributed by atoms with van der Waals surface area (Å²) in [5, 5.41) is 26.7. The molecule has 0 radical (unpaired) electrons. The number of carbonyl (C=O) groups is 2. The maximum atomic E-state index is 12.5. The van der Waals surface area contributed by atoms with E-state index in [0.717, 1.165) is 36.8 Å². The van der Waals surface area contributed by atoms with Gasteiger partial charge in [0.15, 0.2) is 5.96 Å². The first-order valence-electron chi connectivity index (χ1n) is 14.3. The minimum atomic E-state index is -0.961. The van der Waals surface area contributed by atoms with Crippen molar-refractivity contribution in [2.75, 3.05) is 13.1 Å². The van der Waals surface area contributed by atoms with E-state index in [0.29, 0.717) is 29.0 Å². The van der Waals surface area contributed by atoms with E-state index in [1.807, 2.05) is 36.4 Å². The van der Waals surface area contributed by atoms with E-state index in [4.69, 9.17) is 28.9 Å². The summed E-state index contributed by atoms with van der Waals surface area (Å²) in [5.41, 5.74) is 2.62. The van der Waals surface area contributed by atoms with E-state index in [-0.39, 0.29) is 42.9 Å². The number of benzene rings is 2. The van der Waals surface area contributed by atoms with Gasteiger partial charge < -0.3 is 20.6 Å². The molecule has 8 nitrogen and oxygen atoms in total. The van der Waals surface area contributed by atoms with Gasteiger partial charge in [-0.15, -0.1) is 0 Å². The Morgan fingerprint density at radius 3 is 2.33 bits per heavy atom. The van der Waals surface area contributed by atoms with Crippen molar-refractivity contribution in [2.24, 2.45) is 16.3 Å². The van der Waals surface area contributed by atoms with Gasteiger partial charge in [-0.2, -0.15) is 5.26 Å². The number of guanidine groups is 1. The van der Waals surface area contributed by atoms with E-state index in [9.17, 15) is 14.9 Å². The highest BCUT2D eigenvalue weighted by atomic mass is 35.5. The van der Waals surface area contributed by atoms with Crippen molar-refractivity contribution in [3.8, 4) is 6.07 Å². The van der Waals surface area contributed by atoms with Gasteiger partial charge in [-0.1, -0.05) is 68.9 Å². The number of carboxylic acids is 1. The van der Waals surface area contributed by atoms with Gasteiger partial charge in [-0.3, -0.25) is 9.59 Å². The Balaban J connectivity index is 1.87. The average molecular weight is 610 g/mol. The average Bonchev–Trinajstić information content (AvgIpc) is 2.96. The quantitative estimate of drug-likeness (QED) is 0.121. The fourth-order valence-electron chi connectivity index (χ4n) is 5.31. The van der Waals surface area contributed by atoms with Gasteiger partial charge in [0.25, 0.3) is 5.91 Å². The van der Waals surface area contributed by atoms with E-state index >= 15 is 0 Å². The summed E-state index contributed by atoms with van der Waals surface area (Å²) in [5.74, 6) is -0.0429. The molecule has 1 unspecified atom stereocenters. The lowest BCUT2D eigenvalue weighted by molar-refractivity contribution is -0.136. The van der Waals surface area contributed by atoms with Crippen LogP contribution in [-0.2, 0) is 11.3 Å². The zero-order chi connectivity index (χ0) is 30.7. The lowest BCUT2D eigenvalue weighted by atomic mass is 9.71. The smallest absolute Gasteiger partial charge is 0.305 e. The molecule has 1 amide bonds. The minimum absolute atomic E-state index is 0.00358. The van der Waals surface area contributed by atoms with Crippen molar-refractivity contribution >= 4 is 47.0 Å². The molecule has 1 fully saturated rings. The largest absolute Gasteiger partial charge is 0.481 e. The van der Waals surface area contributed by atoms with Crippen molar-refractivity contribution in [1.29, 1.82) is 5.26 Å². The molecule has 224 valence electrons. The first kappa shape index (κ1) is 33.0. The molecule has 0 aliphatic heterocycles. The Morgan fingerprint density at radius 1 is 1.14 bits per heavy atom. The lowest BCUT2D eigenvalue weighted by Crippen LogP contribution is -2.49. The van der Waals surface area contributed by atoms with E-state index < -0.39 is 5.97 Å². The normalized spacial score (nSPS) is 17.9. The predicted molar refractivity (Wildman–Crippen MR) is 171 cm³/mol. The highest BCUT2D eigenvalue weighted by Crippen LogP contribution is 2.39. The van der Waals surface area contributed by atoms with Crippen molar-refractivity contribution in [2.45, 2.75) is 71.5 Å². The molecule has 1 aliphatic carbocycles. The third-order valence-corrected chi connectivity index (χ3v) is 8.30. The van der Waals surface area contributed by atoms with Gasteiger partial charge in [0.05, 0.1) is 18.5 Å². The first-order chi connectivity index (χ1) is 20.0. The summed E-state index contributed by atoms with van der Waals surface area (Å²) >= 11 is 11.5. The van der Waals surface area contributed by atoms with Crippen LogP contribution < -0.4 is 10.6 Å². The molecule has 0 bridgehead atoms. The number of thiocarbonyl (C=S) groups is 1. The Morgan fingerprint density at radius 2 is 1.79 bits per heavy atom. The van der Waals surface area contributed by atoms with Crippen LogP contribution in [0.25, 0.3) is 0 Å². The summed E-state index contributed by atoms with van der Waals surface area (Å²) in [6.07, 6.45) is 4.04. The Bertz CT molecular complexity index is 1280. The van der Waals surface area contributed by atoms with Crippen LogP contribution in [0.1, 0.15) is 80.4 Å². The van der Waals surface area contributed by atoms with Crippen molar-refractivity contribution in [3.05, 3.63) is 70.2 Å². The van der Waals surface area contributed by atoms with Crippen LogP contribution in [-0.4, -0.2) is 52.3 Å². The van der Waals surface area contributed by atoms with Gasteiger partial charge in [0.1, 0.15) is 6.54 Å². The molecule has 1 saturated carbocycles. The van der Waals surface area contributed by atoms with Crippen molar-refractivity contribution in [3.63, 3.8) is 0 Å². The summed E-state index contributed by atoms with van der Waals surface area (Å²) in [6, 6.07) is 16.8. The first-order valence-corrected chi connectivity index (χ1v) is 15.1. The number of nitriles is 1. The lowest BCUT2D eigenvalue weighted by Gasteiger charge is -2.42. The molecule has 3 rings (SSSR count). The molecule has 0 heterocycles. The van der Waals surface area contributed by atoms with Crippen LogP contribution in [0.5, 0.6) is 0 Å². The number of carbonyl (C=O) groups excluding carboxylic acids is 1. The Kier molecular flexibility index (Phi) is 12.3. The number of rotatable bonds is 11. The molecular formula is C32H40ClN5O3S. The maximum absolute atomic E-state index is 12.5. The second-order valence-electron chi connectivity index (χ2n) is 11.7. The molecule has 1 aliphatic rings. The van der Waals surface area contributed by atoms with Crippen LogP contribution in [0, 0.1) is 22.7 Å². The van der Waals surface area contributed by atoms with Crippen LogP contribution in [0.3, 0.4) is 0 Å². The molecule has 1 atom stereocenters. The van der Waals surface area contributed by atoms with Crippen LogP contribution in [0.4, 0.5) is 0 Å². The van der Waals surface area contributed by atoms with E-state index in [2.05, 4.69) is 47.4 Å². The summed E-state index contributed by atoms with van der Waals surface area (Å²) < 4.78 is 0. The number of nitrogens with one attached hydrogen (secondary N) is 2. The number of aliphatic carboxylic acids is 1. The summed E-state index contributed by atoms with van der Waals surface area (Å²) in [4.78, 5) is 30.1. The Hall–Kier alpha value is -3.48. The number of amides is 1. The zero-order valence-corrected chi connectivity index (χ0v) is 26.0. The molecule has 0 aromatic heterocycles. The minimum Gasteiger partial charge on any atom is -0.481 e. The highest BCUT2D eigenvalue weighted by Gasteiger charge is 2.33. The number of aliphatic imine (C=N–C) groups is 1. The summed E-state index contributed by atoms with van der Waals surface area (Å²) in [7, 11) is 0. The molecule has 3 N–H and O–H groups in total. The standard InChI is InChI=1S/C32H40ClN5O3S/c1-32(2,3)25-10-14-27(15-11-25)38(20-22-4-6-24(7-5-22)30(41)35-18-16-29(39)40)31(36-19-17-34)37-28(21-42)23-8-12-26(33)13-9-23/h4-9,12-13,21,25,27-28H,10-11,14-16,18-20H2,1-3H3,(H,35,41)(H,36,37)(H,39,40). The fraction of sp³-hybridized carbons (Fsp3) is 0.469. The number of hydrogen-bond acceptors (Lipinski definition) is 5.